The summed E-state index contributed by atoms with van der Waals surface area (Å²) in [5, 5.41) is 12.7. The van der Waals surface area contributed by atoms with Gasteiger partial charge >= 0.3 is 0 Å². The minimum atomic E-state index is -0.583. The highest BCUT2D eigenvalue weighted by atomic mass is 79.9. The molecule has 0 saturated carbocycles. The van der Waals surface area contributed by atoms with Crippen LogP contribution in [0.5, 0.6) is 5.75 Å². The van der Waals surface area contributed by atoms with Crippen molar-refractivity contribution in [3.05, 3.63) is 74.7 Å². The molecule has 1 N–H and O–H groups in total. The lowest BCUT2D eigenvalue weighted by Gasteiger charge is -2.09. The first-order valence-corrected chi connectivity index (χ1v) is 8.90. The second kappa shape index (κ2) is 9.44. The van der Waals surface area contributed by atoms with Crippen molar-refractivity contribution < 1.29 is 9.53 Å². The fourth-order valence-electron chi connectivity index (χ4n) is 2.04. The third kappa shape index (κ3) is 5.63. The van der Waals surface area contributed by atoms with Gasteiger partial charge in [-0.25, -0.2) is 0 Å². The fourth-order valence-corrected chi connectivity index (χ4v) is 2.95. The number of nitrogens with zero attached hydrogens (tertiary/aromatic N) is 1. The summed E-state index contributed by atoms with van der Waals surface area (Å²) < 4.78 is 6.34. The van der Waals surface area contributed by atoms with Gasteiger partial charge in [-0.3, -0.25) is 4.79 Å². The molecule has 0 bridgehead atoms. The minimum absolute atomic E-state index is 0.0948. The average molecular weight is 452 g/mol. The number of amides is 1. The molecule has 0 fully saturated rings. The van der Waals surface area contributed by atoms with Crippen LogP contribution in [-0.2, 0) is 4.79 Å². The van der Waals surface area contributed by atoms with Gasteiger partial charge in [0.25, 0.3) is 5.91 Å². The van der Waals surface area contributed by atoms with Gasteiger partial charge in [-0.1, -0.05) is 51.8 Å². The highest BCUT2D eigenvalue weighted by Crippen LogP contribution is 2.27. The van der Waals surface area contributed by atoms with Gasteiger partial charge in [0.2, 0.25) is 0 Å². The van der Waals surface area contributed by atoms with Crippen LogP contribution in [0, 0.1) is 11.3 Å². The Labute approximate surface area is 169 Å². The van der Waals surface area contributed by atoms with Gasteiger partial charge in [-0.2, -0.15) is 5.26 Å². The number of hydrogen-bond donors (Lipinski definition) is 1. The smallest absolute Gasteiger partial charge is 0.266 e. The van der Waals surface area contributed by atoms with E-state index in [1.165, 1.54) is 18.2 Å². The normalized spacial score (nSPS) is 10.8. The third-order valence-corrected chi connectivity index (χ3v) is 4.04. The van der Waals surface area contributed by atoms with Crippen LogP contribution in [0.3, 0.4) is 0 Å². The van der Waals surface area contributed by atoms with Crippen LogP contribution in [0.4, 0.5) is 5.69 Å². The number of hydrogen-bond acceptors (Lipinski definition) is 3. The third-order valence-electron chi connectivity index (χ3n) is 3.11. The molecular formula is C19H13BrCl2N2O2. The topological polar surface area (TPSA) is 62.1 Å². The van der Waals surface area contributed by atoms with E-state index in [9.17, 15) is 10.1 Å². The molecule has 4 nitrogen and oxygen atoms in total. The molecule has 0 saturated heterocycles. The first kappa shape index (κ1) is 20.1. The largest absolute Gasteiger partial charge is 0.489 e. The van der Waals surface area contributed by atoms with Gasteiger partial charge in [-0.15, -0.1) is 0 Å². The molecule has 26 heavy (non-hydrogen) atoms. The summed E-state index contributed by atoms with van der Waals surface area (Å²) in [6.45, 7) is 3.90. The summed E-state index contributed by atoms with van der Waals surface area (Å²) in [6.07, 6.45) is 3.06. The van der Waals surface area contributed by atoms with Gasteiger partial charge in [-0.05, 0) is 42.5 Å². The number of anilines is 1. The van der Waals surface area contributed by atoms with E-state index in [-0.39, 0.29) is 5.57 Å². The molecule has 7 heteroatoms. The summed E-state index contributed by atoms with van der Waals surface area (Å²) in [4.78, 5) is 12.4. The van der Waals surface area contributed by atoms with E-state index in [4.69, 9.17) is 27.9 Å². The van der Waals surface area contributed by atoms with Crippen molar-refractivity contribution in [3.63, 3.8) is 0 Å². The Morgan fingerprint density at radius 1 is 1.27 bits per heavy atom. The van der Waals surface area contributed by atoms with Crippen LogP contribution in [0.2, 0.25) is 10.0 Å². The van der Waals surface area contributed by atoms with Gasteiger partial charge in [0.15, 0.2) is 0 Å². The lowest BCUT2D eigenvalue weighted by molar-refractivity contribution is -0.112. The number of nitriles is 1. The summed E-state index contributed by atoms with van der Waals surface area (Å²) in [5.74, 6) is -0.0556. The van der Waals surface area contributed by atoms with E-state index in [1.54, 1.807) is 30.3 Å². The van der Waals surface area contributed by atoms with E-state index in [1.807, 2.05) is 6.07 Å². The number of carbonyl (C=O) groups excluding carboxylic acids is 1. The van der Waals surface area contributed by atoms with Gasteiger partial charge in [0.05, 0.1) is 0 Å². The molecule has 2 rings (SSSR count). The lowest BCUT2D eigenvalue weighted by Crippen LogP contribution is -2.13. The van der Waals surface area contributed by atoms with Gasteiger partial charge in [0, 0.05) is 25.8 Å². The van der Waals surface area contributed by atoms with Crippen molar-refractivity contribution in [1.82, 2.24) is 0 Å². The van der Waals surface area contributed by atoms with Crippen LogP contribution in [-0.4, -0.2) is 12.5 Å². The Morgan fingerprint density at radius 3 is 2.58 bits per heavy atom. The van der Waals surface area contributed by atoms with Crippen molar-refractivity contribution in [2.75, 3.05) is 11.9 Å². The molecule has 132 valence electrons. The maximum atomic E-state index is 12.4. The zero-order valence-electron chi connectivity index (χ0n) is 13.4. The zero-order chi connectivity index (χ0) is 19.1. The monoisotopic (exact) mass is 450 g/mol. The Bertz CT molecular complexity index is 900. The van der Waals surface area contributed by atoms with Crippen LogP contribution in [0.25, 0.3) is 6.08 Å². The van der Waals surface area contributed by atoms with Crippen molar-refractivity contribution in [1.29, 1.82) is 5.26 Å². The maximum absolute atomic E-state index is 12.4. The lowest BCUT2D eigenvalue weighted by atomic mass is 10.1. The standard InChI is InChI=1S/C19H13BrCl2N2O2/c1-2-5-26-18-4-3-14(20)7-12(18)6-13(11-23)19(25)24-17-9-15(21)8-16(22)10-17/h2-4,6-10H,1,5H2,(H,24,25)/b13-6+. The molecule has 0 unspecified atom stereocenters. The molecule has 0 spiro atoms. The van der Waals surface area contributed by atoms with Gasteiger partial charge in [0.1, 0.15) is 24.0 Å². The fraction of sp³-hybridized carbons (Fsp3) is 0.0526. The van der Waals surface area contributed by atoms with Crippen molar-refractivity contribution >= 4 is 56.8 Å². The van der Waals surface area contributed by atoms with Crippen molar-refractivity contribution in [3.8, 4) is 11.8 Å². The molecule has 0 aromatic heterocycles. The molecule has 1 amide bonds. The Kier molecular flexibility index (Phi) is 7.28. The molecule has 0 atom stereocenters. The van der Waals surface area contributed by atoms with Crippen LogP contribution in [0.1, 0.15) is 5.56 Å². The molecule has 0 aliphatic carbocycles. The van der Waals surface area contributed by atoms with E-state index in [0.717, 1.165) is 4.47 Å². The average Bonchev–Trinajstić information content (AvgIpc) is 2.57. The molecule has 2 aromatic rings. The summed E-state index contributed by atoms with van der Waals surface area (Å²) in [5.41, 5.74) is 0.880. The van der Waals surface area contributed by atoms with E-state index < -0.39 is 5.91 Å². The number of rotatable bonds is 6. The van der Waals surface area contributed by atoms with Crippen LogP contribution in [0.15, 0.2) is 59.1 Å². The number of halogens is 3. The number of nitrogens with one attached hydrogen (secondary N) is 1. The molecule has 2 aromatic carbocycles. The molecular weight excluding hydrogens is 439 g/mol. The maximum Gasteiger partial charge on any atom is 0.266 e. The Balaban J connectivity index is 2.32. The van der Waals surface area contributed by atoms with Crippen molar-refractivity contribution in [2.24, 2.45) is 0 Å². The van der Waals surface area contributed by atoms with Crippen molar-refractivity contribution in [2.45, 2.75) is 0 Å². The Hall–Kier alpha value is -2.26. The highest BCUT2D eigenvalue weighted by Gasteiger charge is 2.12. The quantitative estimate of drug-likeness (QED) is 0.339. The highest BCUT2D eigenvalue weighted by molar-refractivity contribution is 9.10. The minimum Gasteiger partial charge on any atom is -0.489 e. The Morgan fingerprint density at radius 2 is 1.96 bits per heavy atom. The summed E-state index contributed by atoms with van der Waals surface area (Å²) in [6, 6.07) is 11.8. The summed E-state index contributed by atoms with van der Waals surface area (Å²) >= 11 is 15.2. The SMILES string of the molecule is C=CCOc1ccc(Br)cc1/C=C(\C#N)C(=O)Nc1cc(Cl)cc(Cl)c1. The summed E-state index contributed by atoms with van der Waals surface area (Å²) in [7, 11) is 0. The molecule has 0 aliphatic rings. The second-order valence-corrected chi connectivity index (χ2v) is 6.85. The van der Waals surface area contributed by atoms with E-state index in [0.29, 0.717) is 33.7 Å². The number of ether oxygens (including phenoxy) is 1. The number of carbonyl (C=O) groups is 1. The van der Waals surface area contributed by atoms with Crippen LogP contribution < -0.4 is 10.1 Å². The predicted molar refractivity (Wildman–Crippen MR) is 109 cm³/mol. The predicted octanol–water partition coefficient (Wildman–Crippen LogP) is 5.87. The van der Waals surface area contributed by atoms with Crippen LogP contribution >= 0.6 is 39.1 Å². The first-order chi connectivity index (χ1) is 12.4. The first-order valence-electron chi connectivity index (χ1n) is 7.35. The zero-order valence-corrected chi connectivity index (χ0v) is 16.5. The molecule has 0 radical (unpaired) electrons. The van der Waals surface area contributed by atoms with Gasteiger partial charge < -0.3 is 10.1 Å². The number of benzene rings is 2. The van der Waals surface area contributed by atoms with E-state index in [2.05, 4.69) is 27.8 Å². The van der Waals surface area contributed by atoms with E-state index >= 15 is 0 Å². The second-order valence-electron chi connectivity index (χ2n) is 5.06. The molecule has 0 heterocycles. The molecule has 0 aliphatic heterocycles.